The van der Waals surface area contributed by atoms with Crippen LogP contribution in [0.1, 0.15) is 16.8 Å². The predicted molar refractivity (Wildman–Crippen MR) is 80.8 cm³/mol. The third-order valence-corrected chi connectivity index (χ3v) is 3.40. The number of halogens is 2. The highest BCUT2D eigenvalue weighted by Crippen LogP contribution is 2.37. The number of nitriles is 1. The standard InChI is InChI=1S/C15H12Cl2N2O2/c1-20-14-6-10(7-16)5-12(17)15(14)21-9-11-3-2-4-19-13(11)8-18/h2-6H,7,9H2,1H3. The van der Waals surface area contributed by atoms with Crippen LogP contribution in [0.25, 0.3) is 0 Å². The van der Waals surface area contributed by atoms with Crippen LogP contribution in [0.15, 0.2) is 30.5 Å². The highest BCUT2D eigenvalue weighted by Gasteiger charge is 2.13. The lowest BCUT2D eigenvalue weighted by Crippen LogP contribution is -2.02. The number of aromatic nitrogens is 1. The van der Waals surface area contributed by atoms with Crippen LogP contribution in [0.4, 0.5) is 0 Å². The molecule has 108 valence electrons. The van der Waals surface area contributed by atoms with Crippen LogP contribution in [-0.2, 0) is 12.5 Å². The van der Waals surface area contributed by atoms with Gasteiger partial charge in [-0.15, -0.1) is 11.6 Å². The van der Waals surface area contributed by atoms with E-state index in [1.165, 1.54) is 7.11 Å². The van der Waals surface area contributed by atoms with Crippen molar-refractivity contribution in [2.24, 2.45) is 0 Å². The van der Waals surface area contributed by atoms with Crippen LogP contribution in [0.5, 0.6) is 11.5 Å². The maximum atomic E-state index is 9.01. The van der Waals surface area contributed by atoms with Gasteiger partial charge in [0.15, 0.2) is 11.5 Å². The molecular weight excluding hydrogens is 311 g/mol. The van der Waals surface area contributed by atoms with E-state index in [-0.39, 0.29) is 6.61 Å². The van der Waals surface area contributed by atoms with Crippen molar-refractivity contribution in [2.75, 3.05) is 7.11 Å². The summed E-state index contributed by atoms with van der Waals surface area (Å²) in [6.07, 6.45) is 1.56. The molecule has 2 rings (SSSR count). The normalized spacial score (nSPS) is 10.0. The fourth-order valence-corrected chi connectivity index (χ4v) is 2.24. The Labute approximate surface area is 132 Å². The average Bonchev–Trinajstić information content (AvgIpc) is 2.53. The van der Waals surface area contributed by atoms with Gasteiger partial charge in [-0.2, -0.15) is 5.26 Å². The lowest BCUT2D eigenvalue weighted by Gasteiger charge is -2.14. The molecule has 0 N–H and O–H groups in total. The molecule has 4 nitrogen and oxygen atoms in total. The van der Waals surface area contributed by atoms with E-state index >= 15 is 0 Å². The van der Waals surface area contributed by atoms with Gasteiger partial charge >= 0.3 is 0 Å². The second kappa shape index (κ2) is 7.16. The van der Waals surface area contributed by atoms with Crippen molar-refractivity contribution >= 4 is 23.2 Å². The summed E-state index contributed by atoms with van der Waals surface area (Å²) in [6, 6.07) is 9.03. The van der Waals surface area contributed by atoms with Gasteiger partial charge in [0.1, 0.15) is 18.4 Å². The molecule has 0 aliphatic carbocycles. The van der Waals surface area contributed by atoms with Crippen molar-refractivity contribution in [2.45, 2.75) is 12.5 Å². The van der Waals surface area contributed by atoms with Gasteiger partial charge in [0.2, 0.25) is 0 Å². The monoisotopic (exact) mass is 322 g/mol. The third-order valence-electron chi connectivity index (χ3n) is 2.81. The summed E-state index contributed by atoms with van der Waals surface area (Å²) < 4.78 is 11.0. The van der Waals surface area contributed by atoms with Gasteiger partial charge in [0.25, 0.3) is 0 Å². The Bertz CT molecular complexity index is 684. The number of alkyl halides is 1. The van der Waals surface area contributed by atoms with E-state index in [1.807, 2.05) is 6.07 Å². The van der Waals surface area contributed by atoms with Crippen LogP contribution >= 0.6 is 23.2 Å². The summed E-state index contributed by atoms with van der Waals surface area (Å²) in [5.41, 5.74) is 1.84. The molecule has 0 fully saturated rings. The molecule has 0 spiro atoms. The van der Waals surface area contributed by atoms with E-state index in [0.29, 0.717) is 33.7 Å². The van der Waals surface area contributed by atoms with Crippen LogP contribution in [0, 0.1) is 11.3 Å². The summed E-state index contributed by atoms with van der Waals surface area (Å²) in [5.74, 6) is 1.25. The van der Waals surface area contributed by atoms with Crippen molar-refractivity contribution in [1.82, 2.24) is 4.98 Å². The third kappa shape index (κ3) is 3.57. The number of hydrogen-bond acceptors (Lipinski definition) is 4. The first-order valence-electron chi connectivity index (χ1n) is 6.08. The van der Waals surface area contributed by atoms with E-state index in [1.54, 1.807) is 30.5 Å². The van der Waals surface area contributed by atoms with E-state index in [9.17, 15) is 0 Å². The molecule has 1 aromatic heterocycles. The maximum absolute atomic E-state index is 9.01. The number of pyridine rings is 1. The highest BCUT2D eigenvalue weighted by atomic mass is 35.5. The Morgan fingerprint density at radius 3 is 2.86 bits per heavy atom. The molecule has 0 saturated heterocycles. The molecular formula is C15H12Cl2N2O2. The fourth-order valence-electron chi connectivity index (χ4n) is 1.80. The summed E-state index contributed by atoms with van der Waals surface area (Å²) in [4.78, 5) is 3.98. The maximum Gasteiger partial charge on any atom is 0.180 e. The Hall–Kier alpha value is -1.96. The van der Waals surface area contributed by atoms with Gasteiger partial charge in [-0.1, -0.05) is 17.7 Å². The molecule has 0 saturated carbocycles. The van der Waals surface area contributed by atoms with Gasteiger partial charge in [-0.3, -0.25) is 0 Å². The predicted octanol–water partition coefficient (Wildman–Crippen LogP) is 3.93. The Balaban J connectivity index is 2.26. The molecule has 0 amide bonds. The minimum atomic E-state index is 0.174. The molecule has 21 heavy (non-hydrogen) atoms. The van der Waals surface area contributed by atoms with Gasteiger partial charge in [-0.05, 0) is 23.8 Å². The summed E-state index contributed by atoms with van der Waals surface area (Å²) in [5, 5.41) is 9.42. The highest BCUT2D eigenvalue weighted by molar-refractivity contribution is 6.32. The first-order chi connectivity index (χ1) is 10.2. The number of nitrogens with zero attached hydrogens (tertiary/aromatic N) is 2. The van der Waals surface area contributed by atoms with Gasteiger partial charge < -0.3 is 9.47 Å². The lowest BCUT2D eigenvalue weighted by molar-refractivity contribution is 0.284. The van der Waals surface area contributed by atoms with Crippen molar-refractivity contribution in [3.63, 3.8) is 0 Å². The van der Waals surface area contributed by atoms with Crippen molar-refractivity contribution in [1.29, 1.82) is 5.26 Å². The van der Waals surface area contributed by atoms with E-state index in [4.69, 9.17) is 37.9 Å². The van der Waals surface area contributed by atoms with Crippen LogP contribution in [0.2, 0.25) is 5.02 Å². The zero-order valence-electron chi connectivity index (χ0n) is 11.3. The van der Waals surface area contributed by atoms with E-state index in [2.05, 4.69) is 4.98 Å². The number of methoxy groups -OCH3 is 1. The number of ether oxygens (including phenoxy) is 2. The molecule has 6 heteroatoms. The smallest absolute Gasteiger partial charge is 0.180 e. The molecule has 1 heterocycles. The molecule has 0 atom stereocenters. The first-order valence-corrected chi connectivity index (χ1v) is 7.00. The molecule has 0 radical (unpaired) electrons. The molecule has 1 aromatic carbocycles. The Kier molecular flexibility index (Phi) is 5.26. The molecule has 0 bridgehead atoms. The quantitative estimate of drug-likeness (QED) is 0.782. The lowest BCUT2D eigenvalue weighted by atomic mass is 10.2. The molecule has 0 aliphatic rings. The topological polar surface area (TPSA) is 55.1 Å². The molecule has 0 aliphatic heterocycles. The number of rotatable bonds is 5. The SMILES string of the molecule is COc1cc(CCl)cc(Cl)c1OCc1cccnc1C#N. The van der Waals surface area contributed by atoms with Crippen molar-refractivity contribution < 1.29 is 9.47 Å². The summed E-state index contributed by atoms with van der Waals surface area (Å²) in [6.45, 7) is 0.174. The van der Waals surface area contributed by atoms with Crippen molar-refractivity contribution in [3.05, 3.63) is 52.3 Å². The first kappa shape index (κ1) is 15.4. The van der Waals surface area contributed by atoms with Gasteiger partial charge in [-0.25, -0.2) is 4.98 Å². The van der Waals surface area contributed by atoms with Crippen molar-refractivity contribution in [3.8, 4) is 17.6 Å². The second-order valence-electron chi connectivity index (χ2n) is 4.15. The average molecular weight is 323 g/mol. The Morgan fingerprint density at radius 2 is 2.19 bits per heavy atom. The zero-order valence-corrected chi connectivity index (χ0v) is 12.8. The fraction of sp³-hybridized carbons (Fsp3) is 0.200. The largest absolute Gasteiger partial charge is 0.493 e. The molecule has 2 aromatic rings. The number of benzene rings is 1. The minimum Gasteiger partial charge on any atom is -0.493 e. The van der Waals surface area contributed by atoms with E-state index < -0.39 is 0 Å². The van der Waals surface area contributed by atoms with Crippen LogP contribution < -0.4 is 9.47 Å². The summed E-state index contributed by atoms with van der Waals surface area (Å²) >= 11 is 12.0. The van der Waals surface area contributed by atoms with Gasteiger partial charge in [0, 0.05) is 17.6 Å². The van der Waals surface area contributed by atoms with Crippen LogP contribution in [0.3, 0.4) is 0 Å². The Morgan fingerprint density at radius 1 is 1.38 bits per heavy atom. The zero-order chi connectivity index (χ0) is 15.2. The number of hydrogen-bond donors (Lipinski definition) is 0. The van der Waals surface area contributed by atoms with E-state index in [0.717, 1.165) is 5.56 Å². The van der Waals surface area contributed by atoms with Crippen LogP contribution in [-0.4, -0.2) is 12.1 Å². The summed E-state index contributed by atoms with van der Waals surface area (Å²) in [7, 11) is 1.53. The minimum absolute atomic E-state index is 0.174. The van der Waals surface area contributed by atoms with Gasteiger partial charge in [0.05, 0.1) is 12.1 Å². The molecule has 0 unspecified atom stereocenters. The second-order valence-corrected chi connectivity index (χ2v) is 4.83.